The molecule has 2 aromatic rings. The summed E-state index contributed by atoms with van der Waals surface area (Å²) in [5.74, 6) is -0.809. The Morgan fingerprint density at radius 1 is 0.962 bits per heavy atom. The number of carbonyl (C=O) groups excluding carboxylic acids is 3. The van der Waals surface area contributed by atoms with Crippen molar-refractivity contribution >= 4 is 17.7 Å². The first-order chi connectivity index (χ1) is 12.6. The molecule has 0 aromatic heterocycles. The number of amides is 3. The van der Waals surface area contributed by atoms with Crippen LogP contribution >= 0.6 is 0 Å². The number of fused-ring (bicyclic) bond motifs is 2. The fraction of sp³-hybridized carbons (Fsp3) is 0.286. The Morgan fingerprint density at radius 2 is 1.65 bits per heavy atom. The molecule has 0 bridgehead atoms. The number of carbonyl (C=O) groups is 3. The summed E-state index contributed by atoms with van der Waals surface area (Å²) in [5, 5.41) is 2.88. The van der Waals surface area contributed by atoms with Gasteiger partial charge in [-0.2, -0.15) is 0 Å². The summed E-state index contributed by atoms with van der Waals surface area (Å²) in [6.07, 6.45) is 3.56. The normalized spacial score (nSPS) is 15.2. The minimum Gasteiger partial charge on any atom is -0.352 e. The number of hydrogen-bond acceptors (Lipinski definition) is 3. The third kappa shape index (κ3) is 3.01. The maximum atomic E-state index is 12.3. The second-order valence-corrected chi connectivity index (χ2v) is 6.79. The van der Waals surface area contributed by atoms with Gasteiger partial charge < -0.3 is 5.32 Å². The van der Waals surface area contributed by atoms with E-state index in [2.05, 4.69) is 23.5 Å². The first-order valence-corrected chi connectivity index (χ1v) is 8.96. The van der Waals surface area contributed by atoms with E-state index >= 15 is 0 Å². The van der Waals surface area contributed by atoms with Crippen molar-refractivity contribution in [2.24, 2.45) is 0 Å². The van der Waals surface area contributed by atoms with Crippen molar-refractivity contribution in [3.63, 3.8) is 0 Å². The second kappa shape index (κ2) is 6.75. The molecule has 0 spiro atoms. The number of nitrogens with one attached hydrogen (secondary N) is 1. The number of nitrogens with zero attached hydrogens (tertiary/aromatic N) is 1. The molecular weight excluding hydrogens is 328 g/mol. The maximum absolute atomic E-state index is 12.3. The van der Waals surface area contributed by atoms with Crippen molar-refractivity contribution in [1.82, 2.24) is 10.2 Å². The molecule has 5 nitrogen and oxygen atoms in total. The molecule has 1 heterocycles. The summed E-state index contributed by atoms with van der Waals surface area (Å²) in [4.78, 5) is 37.8. The lowest BCUT2D eigenvalue weighted by atomic mass is 10.1. The van der Waals surface area contributed by atoms with Gasteiger partial charge in [0.15, 0.2) is 0 Å². The lowest BCUT2D eigenvalue weighted by Gasteiger charge is -2.13. The lowest BCUT2D eigenvalue weighted by molar-refractivity contribution is -0.121. The Hall–Kier alpha value is -2.95. The Morgan fingerprint density at radius 3 is 2.38 bits per heavy atom. The molecule has 0 saturated heterocycles. The molecule has 0 saturated carbocycles. The zero-order chi connectivity index (χ0) is 18.1. The quantitative estimate of drug-likeness (QED) is 0.844. The van der Waals surface area contributed by atoms with E-state index < -0.39 is 0 Å². The first kappa shape index (κ1) is 16.5. The molecule has 4 rings (SSSR count). The van der Waals surface area contributed by atoms with Crippen LogP contribution in [0.3, 0.4) is 0 Å². The molecule has 1 aliphatic heterocycles. The van der Waals surface area contributed by atoms with Gasteiger partial charge >= 0.3 is 0 Å². The van der Waals surface area contributed by atoms with Crippen LogP contribution in [0.2, 0.25) is 0 Å². The molecule has 26 heavy (non-hydrogen) atoms. The van der Waals surface area contributed by atoms with Crippen LogP contribution in [0.15, 0.2) is 42.5 Å². The van der Waals surface area contributed by atoms with Crippen molar-refractivity contribution < 1.29 is 14.4 Å². The molecule has 0 unspecified atom stereocenters. The van der Waals surface area contributed by atoms with Crippen molar-refractivity contribution in [3.8, 4) is 0 Å². The van der Waals surface area contributed by atoms with E-state index in [0.29, 0.717) is 17.7 Å². The van der Waals surface area contributed by atoms with Crippen LogP contribution in [0.25, 0.3) is 0 Å². The van der Waals surface area contributed by atoms with Gasteiger partial charge in [-0.3, -0.25) is 19.3 Å². The van der Waals surface area contributed by atoms with Crippen LogP contribution in [0, 0.1) is 0 Å². The SMILES string of the molecule is O=C(CCN1C(=O)c2ccccc2C1=O)NCc1ccc2c(c1)CCC2. The molecule has 2 aromatic carbocycles. The fourth-order valence-corrected chi connectivity index (χ4v) is 3.68. The van der Waals surface area contributed by atoms with Gasteiger partial charge in [-0.25, -0.2) is 0 Å². The number of benzene rings is 2. The van der Waals surface area contributed by atoms with Gasteiger partial charge in [-0.15, -0.1) is 0 Å². The largest absolute Gasteiger partial charge is 0.352 e. The number of hydrogen-bond donors (Lipinski definition) is 1. The van der Waals surface area contributed by atoms with Crippen LogP contribution in [-0.2, 0) is 24.2 Å². The summed E-state index contributed by atoms with van der Waals surface area (Å²) in [7, 11) is 0. The number of rotatable bonds is 5. The highest BCUT2D eigenvalue weighted by Gasteiger charge is 2.34. The van der Waals surface area contributed by atoms with Gasteiger partial charge in [0.05, 0.1) is 11.1 Å². The summed E-state index contributed by atoms with van der Waals surface area (Å²) in [6.45, 7) is 0.566. The van der Waals surface area contributed by atoms with Crippen molar-refractivity contribution in [2.45, 2.75) is 32.2 Å². The Bertz CT molecular complexity index is 869. The van der Waals surface area contributed by atoms with E-state index in [0.717, 1.165) is 23.3 Å². The minimum atomic E-state index is -0.322. The standard InChI is InChI=1S/C21H20N2O3/c24-19(22-13-14-8-9-15-4-3-5-16(15)12-14)10-11-23-20(25)17-6-1-2-7-18(17)21(23)26/h1-2,6-9,12H,3-5,10-11,13H2,(H,22,24). The zero-order valence-corrected chi connectivity index (χ0v) is 14.5. The lowest BCUT2D eigenvalue weighted by Crippen LogP contribution is -2.34. The molecule has 0 fully saturated rings. The smallest absolute Gasteiger partial charge is 0.261 e. The molecule has 1 aliphatic carbocycles. The molecular formula is C21H20N2O3. The summed E-state index contributed by atoms with van der Waals surface area (Å²) >= 11 is 0. The second-order valence-electron chi connectivity index (χ2n) is 6.79. The van der Waals surface area contributed by atoms with E-state index in [4.69, 9.17) is 0 Å². The monoisotopic (exact) mass is 348 g/mol. The van der Waals surface area contributed by atoms with E-state index in [1.807, 2.05) is 0 Å². The third-order valence-corrected chi connectivity index (χ3v) is 5.09. The van der Waals surface area contributed by atoms with E-state index in [1.165, 1.54) is 17.5 Å². The summed E-state index contributed by atoms with van der Waals surface area (Å²) in [6, 6.07) is 13.1. The molecule has 0 radical (unpaired) electrons. The Kier molecular flexibility index (Phi) is 4.29. The van der Waals surface area contributed by atoms with Gasteiger partial charge in [0.25, 0.3) is 11.8 Å². The van der Waals surface area contributed by atoms with Gasteiger partial charge in [0.1, 0.15) is 0 Å². The molecule has 132 valence electrons. The van der Waals surface area contributed by atoms with Gasteiger partial charge in [0.2, 0.25) is 5.91 Å². The molecule has 1 N–H and O–H groups in total. The number of imide groups is 1. The van der Waals surface area contributed by atoms with Gasteiger partial charge in [0, 0.05) is 19.5 Å². The highest BCUT2D eigenvalue weighted by atomic mass is 16.2. The maximum Gasteiger partial charge on any atom is 0.261 e. The number of aryl methyl sites for hydroxylation is 2. The van der Waals surface area contributed by atoms with Gasteiger partial charge in [-0.05, 0) is 48.1 Å². The van der Waals surface area contributed by atoms with Crippen LogP contribution in [0.1, 0.15) is 50.2 Å². The van der Waals surface area contributed by atoms with Gasteiger partial charge in [-0.1, -0.05) is 30.3 Å². The van der Waals surface area contributed by atoms with Crippen LogP contribution in [0.5, 0.6) is 0 Å². The average Bonchev–Trinajstić information content (AvgIpc) is 3.22. The van der Waals surface area contributed by atoms with E-state index in [9.17, 15) is 14.4 Å². The molecule has 3 amide bonds. The predicted molar refractivity (Wildman–Crippen MR) is 96.7 cm³/mol. The van der Waals surface area contributed by atoms with E-state index in [1.54, 1.807) is 24.3 Å². The van der Waals surface area contributed by atoms with Crippen LogP contribution in [0.4, 0.5) is 0 Å². The molecule has 0 atom stereocenters. The van der Waals surface area contributed by atoms with E-state index in [-0.39, 0.29) is 30.7 Å². The highest BCUT2D eigenvalue weighted by Crippen LogP contribution is 2.23. The summed E-state index contributed by atoms with van der Waals surface area (Å²) < 4.78 is 0. The van der Waals surface area contributed by atoms with Crippen molar-refractivity contribution in [3.05, 3.63) is 70.3 Å². The van der Waals surface area contributed by atoms with Crippen LogP contribution < -0.4 is 5.32 Å². The fourth-order valence-electron chi connectivity index (χ4n) is 3.68. The van der Waals surface area contributed by atoms with Crippen molar-refractivity contribution in [2.75, 3.05) is 6.54 Å². The Balaban J connectivity index is 1.31. The molecule has 5 heteroatoms. The van der Waals surface area contributed by atoms with Crippen molar-refractivity contribution in [1.29, 1.82) is 0 Å². The minimum absolute atomic E-state index is 0.0996. The average molecular weight is 348 g/mol. The first-order valence-electron chi connectivity index (χ1n) is 8.96. The topological polar surface area (TPSA) is 66.5 Å². The molecule has 2 aliphatic rings. The third-order valence-electron chi connectivity index (χ3n) is 5.09. The summed E-state index contributed by atoms with van der Waals surface area (Å²) in [5.41, 5.74) is 4.69. The Labute approximate surface area is 152 Å². The highest BCUT2D eigenvalue weighted by molar-refractivity contribution is 6.21. The van der Waals surface area contributed by atoms with Crippen LogP contribution in [-0.4, -0.2) is 29.2 Å². The zero-order valence-electron chi connectivity index (χ0n) is 14.5. The predicted octanol–water partition coefficient (Wildman–Crippen LogP) is 2.48.